The summed E-state index contributed by atoms with van der Waals surface area (Å²) < 4.78 is 5.31. The Balaban J connectivity index is 2.28. The first-order valence-corrected chi connectivity index (χ1v) is 10.8. The van der Waals surface area contributed by atoms with Gasteiger partial charge in [0.15, 0.2) is 0 Å². The van der Waals surface area contributed by atoms with Crippen molar-refractivity contribution in [2.45, 2.75) is 19.3 Å². The van der Waals surface area contributed by atoms with E-state index in [1.807, 2.05) is 36.4 Å². The number of aromatic hydroxyl groups is 1. The van der Waals surface area contributed by atoms with Gasteiger partial charge in [-0.3, -0.25) is 0 Å². The van der Waals surface area contributed by atoms with Crippen molar-refractivity contribution in [1.29, 1.82) is 0 Å². The fourth-order valence-corrected chi connectivity index (χ4v) is 3.20. The van der Waals surface area contributed by atoms with E-state index in [9.17, 15) is 5.11 Å². The van der Waals surface area contributed by atoms with E-state index < -0.39 is 4.97 Å². The lowest BCUT2D eigenvalue weighted by atomic mass is 9.78. The molecule has 112 valence electrons. The number of halogens is 2. The Morgan fingerprint density at radius 2 is 1.38 bits per heavy atom. The third-order valence-corrected chi connectivity index (χ3v) is 4.44. The molecule has 6 heteroatoms. The SMILES string of the molecule is CC(C)(c1ccc(O)cc1)c1ccc(OP(=S)(Cl)Cl)cc1. The van der Waals surface area contributed by atoms with E-state index >= 15 is 0 Å². The van der Waals surface area contributed by atoms with Crippen molar-refractivity contribution in [3.05, 3.63) is 59.7 Å². The molecular formula is C15H15Cl2O2PS. The van der Waals surface area contributed by atoms with Gasteiger partial charge < -0.3 is 9.63 Å². The van der Waals surface area contributed by atoms with Gasteiger partial charge >= 0.3 is 0 Å². The van der Waals surface area contributed by atoms with E-state index in [-0.39, 0.29) is 11.2 Å². The van der Waals surface area contributed by atoms with Crippen LogP contribution in [-0.2, 0) is 17.2 Å². The van der Waals surface area contributed by atoms with Crippen LogP contribution in [0.3, 0.4) is 0 Å². The van der Waals surface area contributed by atoms with Crippen molar-refractivity contribution in [1.82, 2.24) is 0 Å². The van der Waals surface area contributed by atoms with Crippen molar-refractivity contribution >= 4 is 39.3 Å². The predicted octanol–water partition coefficient (Wildman–Crippen LogP) is 5.80. The Hall–Kier alpha value is -0.730. The van der Waals surface area contributed by atoms with Crippen LogP contribution < -0.4 is 4.52 Å². The first-order valence-electron chi connectivity index (χ1n) is 6.27. The number of rotatable bonds is 4. The number of phenols is 1. The molecule has 0 aliphatic heterocycles. The molecule has 0 amide bonds. The lowest BCUT2D eigenvalue weighted by Gasteiger charge is -2.26. The molecule has 0 aliphatic rings. The summed E-state index contributed by atoms with van der Waals surface area (Å²) in [4.78, 5) is -2.76. The summed E-state index contributed by atoms with van der Waals surface area (Å²) in [5.41, 5.74) is 2.01. The second-order valence-electron chi connectivity index (χ2n) is 5.20. The van der Waals surface area contributed by atoms with Gasteiger partial charge in [-0.15, -0.1) is 0 Å². The number of benzene rings is 2. The first kappa shape index (κ1) is 16.6. The maximum Gasteiger partial charge on any atom is 0.289 e. The van der Waals surface area contributed by atoms with Crippen LogP contribution in [0.2, 0.25) is 0 Å². The summed E-state index contributed by atoms with van der Waals surface area (Å²) in [6.45, 7) is 4.23. The summed E-state index contributed by atoms with van der Waals surface area (Å²) in [6.07, 6.45) is 0. The molecule has 1 N–H and O–H groups in total. The minimum absolute atomic E-state index is 0.200. The zero-order chi connectivity index (χ0) is 15.7. The van der Waals surface area contributed by atoms with E-state index in [2.05, 4.69) is 13.8 Å². The quantitative estimate of drug-likeness (QED) is 0.698. The molecule has 0 atom stereocenters. The molecule has 0 saturated carbocycles. The van der Waals surface area contributed by atoms with Crippen LogP contribution in [0.4, 0.5) is 0 Å². The number of phenolic OH excluding ortho intramolecular Hbond substituents is 1. The highest BCUT2D eigenvalue weighted by Crippen LogP contribution is 2.57. The molecule has 0 heterocycles. The monoisotopic (exact) mass is 360 g/mol. The highest BCUT2D eigenvalue weighted by atomic mass is 35.9. The van der Waals surface area contributed by atoms with Crippen LogP contribution in [0.15, 0.2) is 48.5 Å². The minimum Gasteiger partial charge on any atom is -0.508 e. The third kappa shape index (κ3) is 4.37. The average molecular weight is 361 g/mol. The molecule has 0 aliphatic carbocycles. The van der Waals surface area contributed by atoms with Gasteiger partial charge in [0, 0.05) is 5.41 Å². The first-order chi connectivity index (χ1) is 9.68. The van der Waals surface area contributed by atoms with E-state index in [0.717, 1.165) is 11.1 Å². The van der Waals surface area contributed by atoms with Gasteiger partial charge in [-0.1, -0.05) is 38.1 Å². The highest BCUT2D eigenvalue weighted by molar-refractivity contribution is 8.36. The van der Waals surface area contributed by atoms with Gasteiger partial charge in [0.25, 0.3) is 4.97 Å². The fourth-order valence-electron chi connectivity index (χ4n) is 2.10. The van der Waals surface area contributed by atoms with Crippen molar-refractivity contribution in [2.75, 3.05) is 0 Å². The Morgan fingerprint density at radius 3 is 1.81 bits per heavy atom. The molecule has 21 heavy (non-hydrogen) atoms. The Morgan fingerprint density at radius 1 is 0.952 bits per heavy atom. The summed E-state index contributed by atoms with van der Waals surface area (Å²) in [5.74, 6) is 0.821. The van der Waals surface area contributed by atoms with Crippen LogP contribution in [0.5, 0.6) is 11.5 Å². The molecule has 0 unspecified atom stereocenters. The summed E-state index contributed by atoms with van der Waals surface area (Å²) in [6, 6.07) is 14.7. The van der Waals surface area contributed by atoms with Crippen molar-refractivity contribution in [3.63, 3.8) is 0 Å². The second kappa shape index (κ2) is 6.18. The average Bonchev–Trinajstić information content (AvgIpc) is 2.38. The number of hydrogen-bond acceptors (Lipinski definition) is 3. The molecule has 0 aromatic heterocycles. The van der Waals surface area contributed by atoms with Gasteiger partial charge in [-0.2, -0.15) is 0 Å². The Kier molecular flexibility index (Phi) is 4.89. The van der Waals surface area contributed by atoms with Crippen LogP contribution >= 0.6 is 27.5 Å². The van der Waals surface area contributed by atoms with E-state index in [4.69, 9.17) is 38.8 Å². The molecule has 0 bridgehead atoms. The van der Waals surface area contributed by atoms with Crippen molar-refractivity contribution in [2.24, 2.45) is 0 Å². The second-order valence-corrected chi connectivity index (χ2v) is 12.3. The zero-order valence-corrected chi connectivity index (χ0v) is 14.8. The maximum atomic E-state index is 9.39. The minimum atomic E-state index is -2.76. The van der Waals surface area contributed by atoms with E-state index in [0.29, 0.717) is 5.75 Å². The summed E-state index contributed by atoms with van der Waals surface area (Å²) in [5, 5.41) is 9.39. The van der Waals surface area contributed by atoms with Crippen molar-refractivity contribution < 1.29 is 9.63 Å². The van der Waals surface area contributed by atoms with Crippen LogP contribution in [0.1, 0.15) is 25.0 Å². The van der Waals surface area contributed by atoms with Crippen LogP contribution in [-0.4, -0.2) is 5.11 Å². The van der Waals surface area contributed by atoms with Gasteiger partial charge in [-0.05, 0) is 69.7 Å². The topological polar surface area (TPSA) is 29.5 Å². The zero-order valence-electron chi connectivity index (χ0n) is 11.6. The maximum absolute atomic E-state index is 9.39. The van der Waals surface area contributed by atoms with Crippen LogP contribution in [0.25, 0.3) is 0 Å². The largest absolute Gasteiger partial charge is 0.508 e. The predicted molar refractivity (Wildman–Crippen MR) is 93.3 cm³/mol. The standard InChI is InChI=1S/C15H15Cl2O2PS/c1-15(2,11-3-7-13(18)8-4-11)12-5-9-14(10-6-12)19-20(16,17)21/h3-10,18H,1-2H3. The molecule has 2 rings (SSSR count). The molecule has 2 nitrogen and oxygen atoms in total. The van der Waals surface area contributed by atoms with Gasteiger partial charge in [0.2, 0.25) is 0 Å². The molecule has 0 saturated heterocycles. The van der Waals surface area contributed by atoms with Crippen molar-refractivity contribution in [3.8, 4) is 11.5 Å². The summed E-state index contributed by atoms with van der Waals surface area (Å²) in [7, 11) is 0. The fraction of sp³-hybridized carbons (Fsp3) is 0.200. The molecule has 2 aromatic carbocycles. The molecule has 0 fully saturated rings. The number of hydrogen-bond donors (Lipinski definition) is 1. The van der Waals surface area contributed by atoms with Crippen LogP contribution in [0, 0.1) is 0 Å². The Labute approximate surface area is 139 Å². The molecule has 0 spiro atoms. The molecule has 0 radical (unpaired) electrons. The van der Waals surface area contributed by atoms with Gasteiger partial charge in [-0.25, -0.2) is 0 Å². The van der Waals surface area contributed by atoms with Gasteiger partial charge in [0.1, 0.15) is 11.5 Å². The lowest BCUT2D eigenvalue weighted by Crippen LogP contribution is -2.18. The Bertz CT molecular complexity index is 663. The molecule has 2 aromatic rings. The van der Waals surface area contributed by atoms with E-state index in [1.54, 1.807) is 12.1 Å². The summed E-state index contributed by atoms with van der Waals surface area (Å²) >= 11 is 16.4. The van der Waals surface area contributed by atoms with E-state index in [1.165, 1.54) is 0 Å². The normalized spacial score (nSPS) is 12.2. The molecular weight excluding hydrogens is 346 g/mol. The third-order valence-electron chi connectivity index (χ3n) is 3.38. The van der Waals surface area contributed by atoms with Gasteiger partial charge in [0.05, 0.1) is 0 Å². The smallest absolute Gasteiger partial charge is 0.289 e. The lowest BCUT2D eigenvalue weighted by molar-refractivity contribution is 0.474. The highest BCUT2D eigenvalue weighted by Gasteiger charge is 2.23.